The van der Waals surface area contributed by atoms with Crippen LogP contribution in [-0.2, 0) is 4.74 Å². The number of rotatable bonds is 1. The van der Waals surface area contributed by atoms with Crippen LogP contribution >= 0.6 is 0 Å². The third-order valence-electron chi connectivity index (χ3n) is 4.10. The summed E-state index contributed by atoms with van der Waals surface area (Å²) < 4.78 is 5.25. The molecule has 2 fully saturated rings. The molecule has 0 heterocycles. The van der Waals surface area contributed by atoms with Gasteiger partial charge < -0.3 is 15.2 Å². The van der Waals surface area contributed by atoms with E-state index in [0.717, 1.165) is 38.5 Å². The average molecular weight is 255 g/mol. The molecule has 2 saturated carbocycles. The number of hydrogen-bond acceptors (Lipinski definition) is 3. The zero-order valence-corrected chi connectivity index (χ0v) is 11.7. The second-order valence-electron chi connectivity index (χ2n) is 6.98. The second kappa shape index (κ2) is 4.72. The van der Waals surface area contributed by atoms with Crippen LogP contribution in [0, 0.1) is 5.41 Å². The van der Waals surface area contributed by atoms with Gasteiger partial charge in [0.1, 0.15) is 5.60 Å². The highest BCUT2D eigenvalue weighted by Crippen LogP contribution is 2.51. The molecule has 0 radical (unpaired) electrons. The van der Waals surface area contributed by atoms with Crippen molar-refractivity contribution in [3.8, 4) is 0 Å². The van der Waals surface area contributed by atoms with Crippen LogP contribution in [0.2, 0.25) is 0 Å². The standard InChI is InChI=1S/C14H25NO3/c1-13(2,3)18-12(17)15-10-8-14(9-10)6-4-11(16)5-7-14/h10-11,16H,4-9H2,1-3H3,(H,15,17). The van der Waals surface area contributed by atoms with Gasteiger partial charge in [0.05, 0.1) is 6.10 Å². The zero-order chi connectivity index (χ0) is 13.4. The number of aliphatic hydroxyl groups excluding tert-OH is 1. The van der Waals surface area contributed by atoms with E-state index >= 15 is 0 Å². The quantitative estimate of drug-likeness (QED) is 0.757. The molecule has 0 saturated heterocycles. The Morgan fingerprint density at radius 3 is 2.33 bits per heavy atom. The number of carbonyl (C=O) groups excluding carboxylic acids is 1. The first kappa shape index (κ1) is 13.7. The molecule has 4 heteroatoms. The molecular formula is C14H25NO3. The molecule has 104 valence electrons. The Balaban J connectivity index is 1.71. The minimum absolute atomic E-state index is 0.103. The summed E-state index contributed by atoms with van der Waals surface area (Å²) in [6.45, 7) is 5.62. The number of aliphatic hydroxyl groups is 1. The van der Waals surface area contributed by atoms with Gasteiger partial charge in [0.15, 0.2) is 0 Å². The van der Waals surface area contributed by atoms with Crippen LogP contribution in [-0.4, -0.2) is 28.9 Å². The Kier molecular flexibility index (Phi) is 3.58. The maximum absolute atomic E-state index is 11.6. The van der Waals surface area contributed by atoms with Gasteiger partial charge in [-0.05, 0) is 64.7 Å². The molecular weight excluding hydrogens is 230 g/mol. The molecule has 0 bridgehead atoms. The van der Waals surface area contributed by atoms with Crippen molar-refractivity contribution in [3.05, 3.63) is 0 Å². The predicted octanol–water partition coefficient (Wildman–Crippen LogP) is 2.59. The van der Waals surface area contributed by atoms with Crippen LogP contribution < -0.4 is 5.32 Å². The molecule has 1 amide bonds. The molecule has 0 atom stereocenters. The summed E-state index contributed by atoms with van der Waals surface area (Å²) >= 11 is 0. The number of carbonyl (C=O) groups is 1. The molecule has 2 aliphatic carbocycles. The van der Waals surface area contributed by atoms with Crippen molar-refractivity contribution < 1.29 is 14.6 Å². The topological polar surface area (TPSA) is 58.6 Å². The summed E-state index contributed by atoms with van der Waals surface area (Å²) in [5, 5.41) is 12.4. The molecule has 0 aromatic heterocycles. The van der Waals surface area contributed by atoms with E-state index in [9.17, 15) is 9.90 Å². The van der Waals surface area contributed by atoms with Crippen molar-refractivity contribution in [2.75, 3.05) is 0 Å². The van der Waals surface area contributed by atoms with Gasteiger partial charge in [0.25, 0.3) is 0 Å². The fourth-order valence-electron chi connectivity index (χ4n) is 3.19. The van der Waals surface area contributed by atoms with Crippen LogP contribution in [0.4, 0.5) is 4.79 Å². The van der Waals surface area contributed by atoms with Gasteiger partial charge in [0.2, 0.25) is 0 Å². The highest BCUT2D eigenvalue weighted by atomic mass is 16.6. The van der Waals surface area contributed by atoms with E-state index in [-0.39, 0.29) is 18.2 Å². The first-order valence-corrected chi connectivity index (χ1v) is 6.96. The third kappa shape index (κ3) is 3.37. The Bertz CT molecular complexity index is 305. The van der Waals surface area contributed by atoms with Gasteiger partial charge in [-0.1, -0.05) is 0 Å². The predicted molar refractivity (Wildman–Crippen MR) is 69.3 cm³/mol. The lowest BCUT2D eigenvalue weighted by molar-refractivity contribution is -0.0136. The van der Waals surface area contributed by atoms with Crippen LogP contribution in [0.15, 0.2) is 0 Å². The van der Waals surface area contributed by atoms with Crippen LogP contribution in [0.5, 0.6) is 0 Å². The van der Waals surface area contributed by atoms with E-state index < -0.39 is 5.60 Å². The van der Waals surface area contributed by atoms with E-state index in [2.05, 4.69) is 5.32 Å². The molecule has 4 nitrogen and oxygen atoms in total. The van der Waals surface area contributed by atoms with E-state index in [1.807, 2.05) is 20.8 Å². The van der Waals surface area contributed by atoms with Crippen molar-refractivity contribution in [1.82, 2.24) is 5.32 Å². The molecule has 2 N–H and O–H groups in total. The average Bonchev–Trinajstić information content (AvgIpc) is 2.16. The fourth-order valence-corrected chi connectivity index (χ4v) is 3.19. The van der Waals surface area contributed by atoms with Gasteiger partial charge in [-0.3, -0.25) is 0 Å². The van der Waals surface area contributed by atoms with E-state index in [4.69, 9.17) is 4.74 Å². The molecule has 18 heavy (non-hydrogen) atoms. The fraction of sp³-hybridized carbons (Fsp3) is 0.929. The smallest absolute Gasteiger partial charge is 0.407 e. The van der Waals surface area contributed by atoms with Crippen molar-refractivity contribution in [1.29, 1.82) is 0 Å². The normalized spacial score (nSPS) is 36.0. The largest absolute Gasteiger partial charge is 0.444 e. The van der Waals surface area contributed by atoms with Crippen LogP contribution in [0.25, 0.3) is 0 Å². The number of alkyl carbamates (subject to hydrolysis) is 1. The Morgan fingerprint density at radius 2 is 1.83 bits per heavy atom. The van der Waals surface area contributed by atoms with Crippen LogP contribution in [0.3, 0.4) is 0 Å². The highest BCUT2D eigenvalue weighted by Gasteiger charge is 2.46. The van der Waals surface area contributed by atoms with Crippen molar-refractivity contribution in [2.24, 2.45) is 5.41 Å². The number of hydrogen-bond donors (Lipinski definition) is 2. The highest BCUT2D eigenvalue weighted by molar-refractivity contribution is 5.68. The van der Waals surface area contributed by atoms with Gasteiger partial charge >= 0.3 is 6.09 Å². The van der Waals surface area contributed by atoms with Gasteiger partial charge in [-0.25, -0.2) is 4.79 Å². The van der Waals surface area contributed by atoms with E-state index in [1.54, 1.807) is 0 Å². The first-order valence-electron chi connectivity index (χ1n) is 6.96. The zero-order valence-electron chi connectivity index (χ0n) is 11.7. The summed E-state index contributed by atoms with van der Waals surface area (Å²) in [4.78, 5) is 11.6. The first-order chi connectivity index (χ1) is 8.28. The van der Waals surface area contributed by atoms with Gasteiger partial charge in [-0.2, -0.15) is 0 Å². The molecule has 2 rings (SSSR count). The molecule has 2 aliphatic rings. The maximum atomic E-state index is 11.6. The lowest BCUT2D eigenvalue weighted by atomic mass is 9.58. The number of nitrogens with one attached hydrogen (secondary N) is 1. The summed E-state index contributed by atoms with van der Waals surface area (Å²) in [6, 6.07) is 0.259. The van der Waals surface area contributed by atoms with Crippen molar-refractivity contribution in [3.63, 3.8) is 0 Å². The van der Waals surface area contributed by atoms with Gasteiger partial charge in [-0.15, -0.1) is 0 Å². The summed E-state index contributed by atoms with van der Waals surface area (Å²) in [5.41, 5.74) is -0.0423. The SMILES string of the molecule is CC(C)(C)OC(=O)NC1CC2(CCC(O)CC2)C1. The van der Waals surface area contributed by atoms with E-state index in [0.29, 0.717) is 5.41 Å². The lowest BCUT2D eigenvalue weighted by Crippen LogP contribution is -2.53. The summed E-state index contributed by atoms with van der Waals surface area (Å²) in [7, 11) is 0. The third-order valence-corrected chi connectivity index (χ3v) is 4.10. The van der Waals surface area contributed by atoms with Crippen LogP contribution in [0.1, 0.15) is 59.3 Å². The maximum Gasteiger partial charge on any atom is 0.407 e. The molecule has 0 unspecified atom stereocenters. The molecule has 0 aromatic carbocycles. The van der Waals surface area contributed by atoms with Gasteiger partial charge in [0, 0.05) is 6.04 Å². The molecule has 0 aliphatic heterocycles. The van der Waals surface area contributed by atoms with Crippen molar-refractivity contribution in [2.45, 2.75) is 77.0 Å². The Hall–Kier alpha value is -0.770. The van der Waals surface area contributed by atoms with Crippen molar-refractivity contribution >= 4 is 6.09 Å². The number of amides is 1. The molecule has 1 spiro atoms. The Morgan fingerprint density at radius 1 is 1.28 bits per heavy atom. The number of ether oxygens (including phenoxy) is 1. The van der Waals surface area contributed by atoms with E-state index in [1.165, 1.54) is 0 Å². The Labute approximate surface area is 109 Å². The summed E-state index contributed by atoms with van der Waals surface area (Å²) in [6.07, 6.45) is 5.70. The lowest BCUT2D eigenvalue weighted by Gasteiger charge is -2.51. The monoisotopic (exact) mass is 255 g/mol. The molecule has 0 aromatic rings. The minimum Gasteiger partial charge on any atom is -0.444 e. The minimum atomic E-state index is -0.430. The second-order valence-corrected chi connectivity index (χ2v) is 6.98. The summed E-state index contributed by atoms with van der Waals surface area (Å²) in [5.74, 6) is 0.